The van der Waals surface area contributed by atoms with Gasteiger partial charge >= 0.3 is 0 Å². The third kappa shape index (κ3) is 3.42. The van der Waals surface area contributed by atoms with Crippen molar-refractivity contribution in [1.82, 2.24) is 5.01 Å². The van der Waals surface area contributed by atoms with Gasteiger partial charge in [-0.25, -0.2) is 5.01 Å². The van der Waals surface area contributed by atoms with Crippen molar-refractivity contribution in [3.05, 3.63) is 0 Å². The Bertz CT molecular complexity index is 809. The number of hydrazone groups is 1. The number of fused-ring (bicyclic) bond motifs is 6. The number of hydrogen-bond donors (Lipinski definition) is 1. The quantitative estimate of drug-likeness (QED) is 0.402. The molecule has 1 amide bonds. The summed E-state index contributed by atoms with van der Waals surface area (Å²) in [6.45, 7) is 12.5. The van der Waals surface area contributed by atoms with Crippen LogP contribution in [0.1, 0.15) is 112 Å². The molecule has 1 spiro atoms. The van der Waals surface area contributed by atoms with Crippen LogP contribution in [0.25, 0.3) is 0 Å². The molecule has 0 N–H and O–H groups in total. The number of rotatable bonds is 6. The first-order valence-corrected chi connectivity index (χ1v) is 14.8. The van der Waals surface area contributed by atoms with Crippen molar-refractivity contribution in [2.45, 2.75) is 117 Å². The smallest absolute Gasteiger partial charge is 0.252 e. The third-order valence-electron chi connectivity index (χ3n) is 11.8. The number of hydrogen-bond acceptors (Lipinski definition) is 3. The molecule has 0 aromatic rings. The van der Waals surface area contributed by atoms with Gasteiger partial charge in [-0.15, -0.1) is 0 Å². The average Bonchev–Trinajstić information content (AvgIpc) is 3.31. The highest BCUT2D eigenvalue weighted by Gasteiger charge is 2.70. The van der Waals surface area contributed by atoms with Crippen LogP contribution in [-0.2, 0) is 4.79 Å². The molecule has 3 nitrogen and oxygen atoms in total. The van der Waals surface area contributed by atoms with Crippen LogP contribution in [0.3, 0.4) is 0 Å². The van der Waals surface area contributed by atoms with Gasteiger partial charge in [-0.3, -0.25) is 4.79 Å². The number of carbonyl (C=O) groups excluding carboxylic acids is 1. The maximum atomic E-state index is 13.1. The first kappa shape index (κ1) is 24.2. The second kappa shape index (κ2) is 8.56. The lowest BCUT2D eigenvalue weighted by Gasteiger charge is -2.63. The molecule has 186 valence electrons. The molecule has 5 rings (SSSR count). The normalized spacial score (nSPS) is 44.8. The molecule has 0 saturated heterocycles. The lowest BCUT2D eigenvalue weighted by Crippen LogP contribution is -2.66. The highest BCUT2D eigenvalue weighted by Crippen LogP contribution is 2.71. The van der Waals surface area contributed by atoms with Crippen molar-refractivity contribution in [2.75, 3.05) is 5.75 Å². The summed E-state index contributed by atoms with van der Waals surface area (Å²) in [6.07, 6.45) is 15.7. The molecule has 33 heavy (non-hydrogen) atoms. The molecular weight excluding hydrogens is 424 g/mol. The van der Waals surface area contributed by atoms with Gasteiger partial charge in [0.2, 0.25) is 0 Å². The summed E-state index contributed by atoms with van der Waals surface area (Å²) < 4.78 is 0. The minimum atomic E-state index is -0.0581. The van der Waals surface area contributed by atoms with Gasteiger partial charge < -0.3 is 0 Å². The van der Waals surface area contributed by atoms with Crippen LogP contribution in [-0.4, -0.2) is 27.9 Å². The Morgan fingerprint density at radius 3 is 2.55 bits per heavy atom. The van der Waals surface area contributed by atoms with E-state index in [2.05, 4.69) is 47.2 Å². The van der Waals surface area contributed by atoms with Gasteiger partial charge in [-0.2, -0.15) is 17.7 Å². The largest absolute Gasteiger partial charge is 0.272 e. The van der Waals surface area contributed by atoms with Crippen molar-refractivity contribution in [3.63, 3.8) is 0 Å². The van der Waals surface area contributed by atoms with E-state index in [0.29, 0.717) is 17.3 Å². The van der Waals surface area contributed by atoms with Crippen LogP contribution >= 0.6 is 12.6 Å². The second-order valence-electron chi connectivity index (χ2n) is 13.6. The zero-order chi connectivity index (χ0) is 23.6. The molecule has 2 bridgehead atoms. The van der Waals surface area contributed by atoms with E-state index in [1.165, 1.54) is 69.9 Å². The van der Waals surface area contributed by atoms with Crippen molar-refractivity contribution in [3.8, 4) is 0 Å². The number of thiol groups is 1. The number of nitrogens with zero attached hydrogens (tertiary/aromatic N) is 2. The standard InChI is InChI=1S/C29H48N2OS/c1-19(2)9-8-10-20(3)21-11-12-22-26-23(13-16-27(21,22)4)28(5)14-6-7-15-29(28)17-24(26)30-31(29)25(32)18-33/h19-23,26,33H,6-18H2,1-5H3/t20-,21-,22+,23+,26+,27-,28-,29+/m1/s1. The highest BCUT2D eigenvalue weighted by molar-refractivity contribution is 7.81. The van der Waals surface area contributed by atoms with E-state index in [9.17, 15) is 4.79 Å². The zero-order valence-electron chi connectivity index (χ0n) is 21.9. The molecule has 8 atom stereocenters. The Morgan fingerprint density at radius 2 is 1.82 bits per heavy atom. The van der Waals surface area contributed by atoms with Gasteiger partial charge in [0.05, 0.1) is 11.3 Å². The summed E-state index contributed by atoms with van der Waals surface area (Å²) in [4.78, 5) is 13.1. The van der Waals surface area contributed by atoms with E-state index in [4.69, 9.17) is 5.10 Å². The Morgan fingerprint density at radius 1 is 1.06 bits per heavy atom. The Labute approximate surface area is 208 Å². The Hall–Kier alpha value is -0.510. The lowest BCUT2D eigenvalue weighted by atomic mass is 9.42. The number of carbonyl (C=O) groups is 1. The van der Waals surface area contributed by atoms with Crippen LogP contribution < -0.4 is 0 Å². The topological polar surface area (TPSA) is 32.7 Å². The second-order valence-corrected chi connectivity index (χ2v) is 13.9. The summed E-state index contributed by atoms with van der Waals surface area (Å²) in [7, 11) is 0. The molecule has 4 heteroatoms. The van der Waals surface area contributed by atoms with E-state index in [1.807, 2.05) is 5.01 Å². The Kier molecular flexibility index (Phi) is 6.27. The molecule has 0 aromatic heterocycles. The van der Waals surface area contributed by atoms with Crippen molar-refractivity contribution < 1.29 is 4.79 Å². The van der Waals surface area contributed by atoms with E-state index >= 15 is 0 Å². The SMILES string of the molecule is CC(C)CCC[C@@H](C)[C@H]1CC[C@H]2[C@@H]3C4=NN(C(=O)CS)[C@@]5(CCCC[C@]5(C)[C@H]3CC[C@]12C)C4. The first-order chi connectivity index (χ1) is 15.7. The van der Waals surface area contributed by atoms with Crippen LogP contribution in [0, 0.1) is 46.3 Å². The summed E-state index contributed by atoms with van der Waals surface area (Å²) >= 11 is 4.39. The van der Waals surface area contributed by atoms with Gasteiger partial charge in [0.15, 0.2) is 0 Å². The van der Waals surface area contributed by atoms with E-state index < -0.39 is 0 Å². The molecular formula is C29H48N2OS. The van der Waals surface area contributed by atoms with Crippen molar-refractivity contribution in [2.24, 2.45) is 51.4 Å². The third-order valence-corrected chi connectivity index (χ3v) is 12.0. The molecule has 4 fully saturated rings. The van der Waals surface area contributed by atoms with Gasteiger partial charge in [0.25, 0.3) is 5.91 Å². The fraction of sp³-hybridized carbons (Fsp3) is 0.931. The maximum Gasteiger partial charge on any atom is 0.252 e. The summed E-state index contributed by atoms with van der Waals surface area (Å²) in [6, 6.07) is 0. The van der Waals surface area contributed by atoms with Crippen LogP contribution in [0.5, 0.6) is 0 Å². The van der Waals surface area contributed by atoms with Gasteiger partial charge in [-0.05, 0) is 78.9 Å². The maximum absolute atomic E-state index is 13.1. The summed E-state index contributed by atoms with van der Waals surface area (Å²) in [5.41, 5.74) is 2.00. The van der Waals surface area contributed by atoms with Gasteiger partial charge in [0.1, 0.15) is 0 Å². The fourth-order valence-electron chi connectivity index (χ4n) is 10.1. The summed E-state index contributed by atoms with van der Waals surface area (Å²) in [5, 5.41) is 7.20. The number of amides is 1. The van der Waals surface area contributed by atoms with E-state index in [0.717, 1.165) is 36.5 Å². The molecule has 0 radical (unpaired) electrons. The molecule has 4 aliphatic carbocycles. The van der Waals surface area contributed by atoms with E-state index in [1.54, 1.807) is 0 Å². The van der Waals surface area contributed by atoms with Crippen LogP contribution in [0.4, 0.5) is 0 Å². The van der Waals surface area contributed by atoms with E-state index in [-0.39, 0.29) is 22.6 Å². The molecule has 0 aromatic carbocycles. The molecule has 4 saturated carbocycles. The predicted molar refractivity (Wildman–Crippen MR) is 140 cm³/mol. The first-order valence-electron chi connectivity index (χ1n) is 14.2. The van der Waals surface area contributed by atoms with Crippen LogP contribution in [0.2, 0.25) is 0 Å². The van der Waals surface area contributed by atoms with Gasteiger partial charge in [0, 0.05) is 18.1 Å². The van der Waals surface area contributed by atoms with Gasteiger partial charge in [-0.1, -0.05) is 66.7 Å². The molecule has 5 aliphatic rings. The fourth-order valence-corrected chi connectivity index (χ4v) is 10.3. The lowest BCUT2D eigenvalue weighted by molar-refractivity contribution is -0.155. The van der Waals surface area contributed by atoms with Crippen molar-refractivity contribution in [1.29, 1.82) is 0 Å². The minimum Gasteiger partial charge on any atom is -0.272 e. The predicted octanol–water partition coefficient (Wildman–Crippen LogP) is 7.36. The zero-order valence-corrected chi connectivity index (χ0v) is 22.8. The minimum absolute atomic E-state index is 0.0581. The Balaban J connectivity index is 1.45. The molecule has 1 heterocycles. The molecule has 1 aliphatic heterocycles. The summed E-state index contributed by atoms with van der Waals surface area (Å²) in [5.74, 6) is 4.99. The monoisotopic (exact) mass is 472 g/mol. The average molecular weight is 473 g/mol. The van der Waals surface area contributed by atoms with Crippen molar-refractivity contribution >= 4 is 24.2 Å². The van der Waals surface area contributed by atoms with Crippen LogP contribution in [0.15, 0.2) is 5.10 Å². The highest BCUT2D eigenvalue weighted by atomic mass is 32.1. The molecule has 0 unspecified atom stereocenters.